The second-order valence-corrected chi connectivity index (χ2v) is 10.3. The molecule has 1 aliphatic rings. The van der Waals surface area contributed by atoms with Gasteiger partial charge in [0.15, 0.2) is 17.3 Å². The molecule has 222 valence electrons. The van der Waals surface area contributed by atoms with E-state index in [4.69, 9.17) is 11.6 Å². The van der Waals surface area contributed by atoms with Crippen molar-refractivity contribution in [2.45, 2.75) is 50.9 Å². The summed E-state index contributed by atoms with van der Waals surface area (Å²) >= 11 is 6.30. The summed E-state index contributed by atoms with van der Waals surface area (Å²) in [7, 11) is 0. The van der Waals surface area contributed by atoms with E-state index >= 15 is 0 Å². The van der Waals surface area contributed by atoms with Gasteiger partial charge >= 0.3 is 12.1 Å². The lowest BCUT2D eigenvalue weighted by Crippen LogP contribution is -2.34. The van der Waals surface area contributed by atoms with Gasteiger partial charge in [-0.25, -0.2) is 9.67 Å². The summed E-state index contributed by atoms with van der Waals surface area (Å²) in [5.41, 5.74) is -0.350. The van der Waals surface area contributed by atoms with Gasteiger partial charge in [-0.15, -0.1) is 0 Å². The Labute approximate surface area is 245 Å². The normalized spacial score (nSPS) is 13.5. The van der Waals surface area contributed by atoms with Crippen LogP contribution in [-0.4, -0.2) is 53.7 Å². The van der Waals surface area contributed by atoms with Gasteiger partial charge in [-0.3, -0.25) is 9.59 Å². The number of ketones is 1. The maximum Gasteiger partial charge on any atom is 0.459 e. The molecule has 1 aliphatic carbocycles. The van der Waals surface area contributed by atoms with Crippen molar-refractivity contribution in [1.82, 2.24) is 35.1 Å². The summed E-state index contributed by atoms with van der Waals surface area (Å²) in [5, 5.41) is 23.4. The third kappa shape index (κ3) is 6.09. The molecule has 5 rings (SSSR count). The molecule has 3 aromatic heterocycles. The largest absolute Gasteiger partial charge is 0.459 e. The first kappa shape index (κ1) is 29.8. The Morgan fingerprint density at radius 2 is 1.91 bits per heavy atom. The molecular weight excluding hydrogens is 599 g/mol. The SMILES string of the molecule is Cc1cc(C#N)cc(C(=O)NC2CC2)c1CC(=O)c1cc(Cn2ncc(C(F)(F)C(F)(F)F)n2)nn1-c1ncccc1Cl. The molecule has 0 saturated heterocycles. The Hall–Kier alpha value is -4.71. The molecule has 1 aromatic carbocycles. The number of hydrogen-bond acceptors (Lipinski definition) is 7. The Bertz CT molecular complexity index is 1770. The van der Waals surface area contributed by atoms with Gasteiger partial charge in [0.1, 0.15) is 12.2 Å². The Morgan fingerprint density at radius 3 is 2.56 bits per heavy atom. The van der Waals surface area contributed by atoms with Gasteiger partial charge in [0, 0.05) is 24.2 Å². The number of halogens is 6. The van der Waals surface area contributed by atoms with Gasteiger partial charge in [-0.1, -0.05) is 11.6 Å². The first-order valence-electron chi connectivity index (χ1n) is 12.7. The van der Waals surface area contributed by atoms with E-state index in [1.165, 1.54) is 24.4 Å². The third-order valence-corrected chi connectivity index (χ3v) is 6.89. The summed E-state index contributed by atoms with van der Waals surface area (Å²) in [6.07, 6.45) is -2.84. The minimum absolute atomic E-state index is 0.0184. The molecule has 1 amide bonds. The van der Waals surface area contributed by atoms with E-state index in [2.05, 4.69) is 25.6 Å². The molecule has 0 atom stereocenters. The highest BCUT2D eigenvalue weighted by Crippen LogP contribution is 2.42. The number of nitrogens with zero attached hydrogens (tertiary/aromatic N) is 7. The van der Waals surface area contributed by atoms with Gasteiger partial charge in [0.25, 0.3) is 5.91 Å². The van der Waals surface area contributed by atoms with Crippen LogP contribution in [0.4, 0.5) is 22.0 Å². The second kappa shape index (κ2) is 11.2. The highest BCUT2D eigenvalue weighted by Gasteiger charge is 2.60. The van der Waals surface area contributed by atoms with Crippen LogP contribution < -0.4 is 5.32 Å². The van der Waals surface area contributed by atoms with Crippen molar-refractivity contribution >= 4 is 23.3 Å². The van der Waals surface area contributed by atoms with Crippen molar-refractivity contribution in [3.63, 3.8) is 0 Å². The van der Waals surface area contributed by atoms with E-state index < -0.39 is 36.0 Å². The molecule has 43 heavy (non-hydrogen) atoms. The van der Waals surface area contributed by atoms with Crippen LogP contribution in [0.15, 0.2) is 42.7 Å². The minimum Gasteiger partial charge on any atom is -0.349 e. The maximum absolute atomic E-state index is 13.8. The van der Waals surface area contributed by atoms with Crippen LogP contribution in [0.5, 0.6) is 0 Å². The second-order valence-electron chi connectivity index (χ2n) is 9.85. The lowest BCUT2D eigenvalue weighted by molar-refractivity contribution is -0.291. The number of alkyl halides is 5. The number of amides is 1. The van der Waals surface area contributed by atoms with Crippen LogP contribution in [0.25, 0.3) is 5.82 Å². The number of aromatic nitrogens is 6. The smallest absolute Gasteiger partial charge is 0.349 e. The highest BCUT2D eigenvalue weighted by atomic mass is 35.5. The van der Waals surface area contributed by atoms with E-state index in [9.17, 15) is 36.8 Å². The molecule has 0 aliphatic heterocycles. The zero-order valence-electron chi connectivity index (χ0n) is 22.2. The fraction of sp³-hybridized carbons (Fsp3) is 0.296. The molecule has 0 bridgehead atoms. The van der Waals surface area contributed by atoms with E-state index in [1.807, 2.05) is 6.07 Å². The van der Waals surface area contributed by atoms with Crippen LogP contribution >= 0.6 is 11.6 Å². The van der Waals surface area contributed by atoms with Crippen LogP contribution in [0.1, 0.15) is 61.8 Å². The van der Waals surface area contributed by atoms with Gasteiger partial charge in [0.2, 0.25) is 0 Å². The number of hydrogen-bond donors (Lipinski definition) is 1. The molecule has 1 fully saturated rings. The zero-order chi connectivity index (χ0) is 31.1. The fourth-order valence-electron chi connectivity index (χ4n) is 4.27. The number of aryl methyl sites for hydroxylation is 1. The van der Waals surface area contributed by atoms with E-state index in [0.29, 0.717) is 22.1 Å². The first-order chi connectivity index (χ1) is 20.3. The molecule has 3 heterocycles. The van der Waals surface area contributed by atoms with E-state index in [1.54, 1.807) is 19.1 Å². The van der Waals surface area contributed by atoms with Crippen molar-refractivity contribution in [2.24, 2.45) is 0 Å². The monoisotopic (exact) mass is 618 g/mol. The van der Waals surface area contributed by atoms with Crippen LogP contribution in [0, 0.1) is 18.3 Å². The molecule has 0 unspecified atom stereocenters. The number of nitriles is 1. The van der Waals surface area contributed by atoms with Gasteiger partial charge in [0.05, 0.1) is 28.5 Å². The number of Topliss-reactive ketones (excluding diaryl/α,β-unsaturated/α-hetero) is 1. The van der Waals surface area contributed by atoms with E-state index in [-0.39, 0.29) is 45.8 Å². The fourth-order valence-corrected chi connectivity index (χ4v) is 4.47. The maximum atomic E-state index is 13.8. The standard InChI is InChI=1S/C27H20ClF5N8O2/c1-14-7-15(11-34)8-19(25(43)37-16-4-5-16)18(14)10-22(42)21-9-17(38-41(21)24-20(28)3-2-6-35-24)13-40-36-12-23(39-40)26(29,30)27(31,32)33/h2-3,6-9,12,16H,4-5,10,13H2,1H3,(H,37,43). The summed E-state index contributed by atoms with van der Waals surface area (Å²) in [4.78, 5) is 31.5. The number of benzene rings is 1. The number of pyridine rings is 1. The van der Waals surface area contributed by atoms with Crippen LogP contribution in [-0.2, 0) is 18.9 Å². The van der Waals surface area contributed by atoms with Crippen LogP contribution in [0.3, 0.4) is 0 Å². The summed E-state index contributed by atoms with van der Waals surface area (Å²) in [5.74, 6) is -6.16. The molecule has 1 N–H and O–H groups in total. The van der Waals surface area contributed by atoms with Gasteiger partial charge < -0.3 is 5.32 Å². The number of carbonyl (C=O) groups excluding carboxylic acids is 2. The quantitative estimate of drug-likeness (QED) is 0.212. The molecule has 10 nitrogen and oxygen atoms in total. The highest BCUT2D eigenvalue weighted by molar-refractivity contribution is 6.32. The summed E-state index contributed by atoms with van der Waals surface area (Å²) < 4.78 is 66.9. The molecular formula is C27H20ClF5N8O2. The van der Waals surface area contributed by atoms with Crippen LogP contribution in [0.2, 0.25) is 5.02 Å². The third-order valence-electron chi connectivity index (χ3n) is 6.60. The zero-order valence-corrected chi connectivity index (χ0v) is 22.9. The molecule has 1 saturated carbocycles. The molecule has 16 heteroatoms. The average Bonchev–Trinajstić information content (AvgIpc) is 3.46. The van der Waals surface area contributed by atoms with Crippen molar-refractivity contribution in [3.05, 3.63) is 87.1 Å². The molecule has 4 aromatic rings. The number of nitrogens with one attached hydrogen (secondary N) is 1. The minimum atomic E-state index is -5.87. The summed E-state index contributed by atoms with van der Waals surface area (Å²) in [6, 6.07) is 9.28. The Kier molecular flexibility index (Phi) is 7.74. The van der Waals surface area contributed by atoms with Gasteiger partial charge in [-0.05, 0) is 61.2 Å². The first-order valence-corrected chi connectivity index (χ1v) is 13.1. The number of carbonyl (C=O) groups is 2. The topological polar surface area (TPSA) is 131 Å². The van der Waals surface area contributed by atoms with Crippen molar-refractivity contribution in [3.8, 4) is 11.9 Å². The number of rotatable bonds is 9. The van der Waals surface area contributed by atoms with Gasteiger partial charge in [-0.2, -0.15) is 47.3 Å². The predicted octanol–water partition coefficient (Wildman–Crippen LogP) is 4.71. The Morgan fingerprint density at radius 1 is 1.16 bits per heavy atom. The average molecular weight is 619 g/mol. The predicted molar refractivity (Wildman–Crippen MR) is 140 cm³/mol. The van der Waals surface area contributed by atoms with Crippen molar-refractivity contribution < 1.29 is 31.5 Å². The molecule has 0 radical (unpaired) electrons. The lowest BCUT2D eigenvalue weighted by atomic mass is 9.93. The van der Waals surface area contributed by atoms with E-state index in [0.717, 1.165) is 17.5 Å². The van der Waals surface area contributed by atoms with Crippen molar-refractivity contribution in [2.75, 3.05) is 0 Å². The Balaban J connectivity index is 1.51. The summed E-state index contributed by atoms with van der Waals surface area (Å²) in [6.45, 7) is 1.18. The van der Waals surface area contributed by atoms with Crippen molar-refractivity contribution in [1.29, 1.82) is 5.26 Å². The molecule has 0 spiro atoms. The lowest BCUT2D eigenvalue weighted by Gasteiger charge is -2.16.